The third kappa shape index (κ3) is 4.47. The minimum atomic E-state index is -0.120. The Balaban J connectivity index is 1.94. The number of carbonyl (C=O) groups excluding carboxylic acids is 1. The maximum Gasteiger partial charge on any atom is 0.241 e. The summed E-state index contributed by atoms with van der Waals surface area (Å²) in [7, 11) is 0. The van der Waals surface area contributed by atoms with Crippen LogP contribution in [0, 0.1) is 11.5 Å². The number of rotatable bonds is 5. The SMILES string of the molecule is CCc1cccc(N(C#N)CC(=O)NC2CCOCC2)c1. The number of nitrogens with zero attached hydrogens (tertiary/aromatic N) is 2. The fraction of sp³-hybridized carbons (Fsp3) is 0.500. The van der Waals surface area contributed by atoms with E-state index < -0.39 is 0 Å². The molecule has 1 amide bonds. The number of amides is 1. The summed E-state index contributed by atoms with van der Waals surface area (Å²) in [5.41, 5.74) is 1.91. The topological polar surface area (TPSA) is 65.4 Å². The highest BCUT2D eigenvalue weighted by molar-refractivity contribution is 5.82. The Bertz CT molecular complexity index is 518. The molecular weight excluding hydrogens is 266 g/mol. The average molecular weight is 287 g/mol. The predicted octanol–water partition coefficient (Wildman–Crippen LogP) is 1.83. The van der Waals surface area contributed by atoms with E-state index in [1.807, 2.05) is 24.3 Å². The zero-order valence-corrected chi connectivity index (χ0v) is 12.3. The zero-order chi connectivity index (χ0) is 15.1. The lowest BCUT2D eigenvalue weighted by molar-refractivity contribution is -0.120. The molecular formula is C16H21N3O2. The maximum atomic E-state index is 12.1. The molecule has 1 N–H and O–H groups in total. The van der Waals surface area contributed by atoms with Crippen molar-refractivity contribution in [3.05, 3.63) is 29.8 Å². The van der Waals surface area contributed by atoms with Crippen molar-refractivity contribution in [2.24, 2.45) is 0 Å². The van der Waals surface area contributed by atoms with Crippen LogP contribution >= 0.6 is 0 Å². The van der Waals surface area contributed by atoms with E-state index in [9.17, 15) is 10.1 Å². The van der Waals surface area contributed by atoms with Gasteiger partial charge in [0, 0.05) is 19.3 Å². The first-order valence-electron chi connectivity index (χ1n) is 7.36. The lowest BCUT2D eigenvalue weighted by atomic mass is 10.1. The van der Waals surface area contributed by atoms with Gasteiger partial charge in [0.05, 0.1) is 5.69 Å². The number of ether oxygens (including phenoxy) is 1. The van der Waals surface area contributed by atoms with Gasteiger partial charge >= 0.3 is 0 Å². The van der Waals surface area contributed by atoms with Crippen LogP contribution in [0.4, 0.5) is 5.69 Å². The molecule has 0 saturated carbocycles. The van der Waals surface area contributed by atoms with Gasteiger partial charge in [-0.1, -0.05) is 19.1 Å². The quantitative estimate of drug-likeness (QED) is 0.663. The molecule has 21 heavy (non-hydrogen) atoms. The van der Waals surface area contributed by atoms with Crippen molar-refractivity contribution in [1.29, 1.82) is 5.26 Å². The summed E-state index contributed by atoms with van der Waals surface area (Å²) in [6.07, 6.45) is 4.66. The van der Waals surface area contributed by atoms with E-state index in [-0.39, 0.29) is 18.5 Å². The van der Waals surface area contributed by atoms with Crippen molar-refractivity contribution in [1.82, 2.24) is 5.32 Å². The second kappa shape index (κ2) is 7.65. The van der Waals surface area contributed by atoms with Crippen LogP contribution in [0.15, 0.2) is 24.3 Å². The third-order valence-electron chi connectivity index (χ3n) is 3.64. The number of nitrogens with one attached hydrogen (secondary N) is 1. The van der Waals surface area contributed by atoms with Crippen LogP contribution in [0.5, 0.6) is 0 Å². The molecule has 0 spiro atoms. The summed E-state index contributed by atoms with van der Waals surface area (Å²) < 4.78 is 5.26. The van der Waals surface area contributed by atoms with Crippen molar-refractivity contribution in [2.75, 3.05) is 24.7 Å². The monoisotopic (exact) mass is 287 g/mol. The largest absolute Gasteiger partial charge is 0.381 e. The van der Waals surface area contributed by atoms with Crippen molar-refractivity contribution < 1.29 is 9.53 Å². The summed E-state index contributed by atoms with van der Waals surface area (Å²) in [5, 5.41) is 12.2. The van der Waals surface area contributed by atoms with Gasteiger partial charge in [-0.2, -0.15) is 5.26 Å². The number of benzene rings is 1. The van der Waals surface area contributed by atoms with Gasteiger partial charge < -0.3 is 10.1 Å². The van der Waals surface area contributed by atoms with Crippen LogP contribution in [0.25, 0.3) is 0 Å². The molecule has 0 bridgehead atoms. The van der Waals surface area contributed by atoms with Crippen LogP contribution < -0.4 is 10.2 Å². The van der Waals surface area contributed by atoms with Crippen molar-refractivity contribution in [3.8, 4) is 6.19 Å². The second-order valence-electron chi connectivity index (χ2n) is 5.16. The molecule has 1 aliphatic rings. The van der Waals surface area contributed by atoms with Crippen LogP contribution in [-0.2, 0) is 16.0 Å². The molecule has 5 nitrogen and oxygen atoms in total. The minimum Gasteiger partial charge on any atom is -0.381 e. The Hall–Kier alpha value is -2.06. The normalized spacial score (nSPS) is 15.2. The Morgan fingerprint density at radius 3 is 2.90 bits per heavy atom. The van der Waals surface area contributed by atoms with E-state index in [0.717, 1.165) is 30.5 Å². The van der Waals surface area contributed by atoms with Crippen molar-refractivity contribution in [2.45, 2.75) is 32.2 Å². The summed E-state index contributed by atoms with van der Waals surface area (Å²) in [6.45, 7) is 3.49. The van der Waals surface area contributed by atoms with E-state index in [2.05, 4.69) is 18.4 Å². The molecule has 0 radical (unpaired) electrons. The molecule has 0 aliphatic carbocycles. The molecule has 5 heteroatoms. The number of anilines is 1. The molecule has 0 unspecified atom stereocenters. The molecule has 1 heterocycles. The van der Waals surface area contributed by atoms with Crippen molar-refractivity contribution in [3.63, 3.8) is 0 Å². The Kier molecular flexibility index (Phi) is 5.59. The number of aryl methyl sites for hydroxylation is 1. The van der Waals surface area contributed by atoms with Gasteiger partial charge in [0.15, 0.2) is 6.19 Å². The highest BCUT2D eigenvalue weighted by Crippen LogP contribution is 2.16. The lowest BCUT2D eigenvalue weighted by Gasteiger charge is -2.24. The van der Waals surface area contributed by atoms with Crippen LogP contribution in [0.3, 0.4) is 0 Å². The third-order valence-corrected chi connectivity index (χ3v) is 3.64. The van der Waals surface area contributed by atoms with Crippen LogP contribution in [-0.4, -0.2) is 31.7 Å². The van der Waals surface area contributed by atoms with Gasteiger partial charge in [0.25, 0.3) is 0 Å². The molecule has 112 valence electrons. The molecule has 0 aromatic heterocycles. The molecule has 1 aromatic rings. The van der Waals surface area contributed by atoms with E-state index in [0.29, 0.717) is 13.2 Å². The number of hydrogen-bond acceptors (Lipinski definition) is 4. The first-order chi connectivity index (χ1) is 10.2. The van der Waals surface area contributed by atoms with Gasteiger partial charge in [-0.25, -0.2) is 0 Å². The summed E-state index contributed by atoms with van der Waals surface area (Å²) in [6, 6.07) is 7.89. The van der Waals surface area contributed by atoms with Gasteiger partial charge in [-0.15, -0.1) is 0 Å². The highest BCUT2D eigenvalue weighted by Gasteiger charge is 2.18. The molecule has 1 saturated heterocycles. The number of carbonyl (C=O) groups is 1. The molecule has 2 rings (SSSR count). The molecule has 0 atom stereocenters. The van der Waals surface area contributed by atoms with Crippen LogP contribution in [0.1, 0.15) is 25.3 Å². The van der Waals surface area contributed by atoms with E-state index in [1.165, 1.54) is 4.90 Å². The van der Waals surface area contributed by atoms with E-state index in [4.69, 9.17) is 4.74 Å². The van der Waals surface area contributed by atoms with Crippen molar-refractivity contribution >= 4 is 11.6 Å². The summed E-state index contributed by atoms with van der Waals surface area (Å²) in [5.74, 6) is -0.120. The first kappa shape index (κ1) is 15.3. The lowest BCUT2D eigenvalue weighted by Crippen LogP contribution is -2.43. The van der Waals surface area contributed by atoms with E-state index in [1.54, 1.807) is 0 Å². The Morgan fingerprint density at radius 1 is 1.48 bits per heavy atom. The zero-order valence-electron chi connectivity index (χ0n) is 12.3. The number of hydrogen-bond donors (Lipinski definition) is 1. The molecule has 1 aromatic carbocycles. The second-order valence-corrected chi connectivity index (χ2v) is 5.16. The molecule has 1 aliphatic heterocycles. The predicted molar refractivity (Wildman–Crippen MR) is 80.8 cm³/mol. The van der Waals surface area contributed by atoms with Gasteiger partial charge in [-0.3, -0.25) is 9.69 Å². The summed E-state index contributed by atoms with van der Waals surface area (Å²) in [4.78, 5) is 13.5. The van der Waals surface area contributed by atoms with Gasteiger partial charge in [0.2, 0.25) is 5.91 Å². The Labute approximate surface area is 125 Å². The van der Waals surface area contributed by atoms with Gasteiger partial charge in [-0.05, 0) is 37.0 Å². The van der Waals surface area contributed by atoms with Gasteiger partial charge in [0.1, 0.15) is 6.54 Å². The maximum absolute atomic E-state index is 12.1. The summed E-state index contributed by atoms with van der Waals surface area (Å²) >= 11 is 0. The fourth-order valence-corrected chi connectivity index (χ4v) is 2.39. The highest BCUT2D eigenvalue weighted by atomic mass is 16.5. The standard InChI is InChI=1S/C16H21N3O2/c1-2-13-4-3-5-15(10-13)19(12-17)11-16(20)18-14-6-8-21-9-7-14/h3-5,10,14H,2,6-9,11H2,1H3,(H,18,20). The van der Waals surface area contributed by atoms with Crippen LogP contribution in [0.2, 0.25) is 0 Å². The number of nitriles is 1. The minimum absolute atomic E-state index is 0.0566. The smallest absolute Gasteiger partial charge is 0.241 e. The van der Waals surface area contributed by atoms with E-state index >= 15 is 0 Å². The first-order valence-corrected chi connectivity index (χ1v) is 7.36. The fourth-order valence-electron chi connectivity index (χ4n) is 2.39. The Morgan fingerprint density at radius 2 is 2.24 bits per heavy atom. The molecule has 1 fully saturated rings. The average Bonchev–Trinajstić information content (AvgIpc) is 2.53.